The molecule has 4 aromatic rings. The maximum atomic E-state index is 13.1. The molecule has 2 aromatic carbocycles. The second-order valence-electron chi connectivity index (χ2n) is 6.97. The highest BCUT2D eigenvalue weighted by Crippen LogP contribution is 2.29. The molecule has 0 fully saturated rings. The Hall–Kier alpha value is -4.74. The molecule has 3 N–H and O–H groups in total. The minimum absolute atomic E-state index is 0.00898. The number of benzene rings is 2. The summed E-state index contributed by atoms with van der Waals surface area (Å²) in [5.74, 6) is 0.728. The smallest absolute Gasteiger partial charge is 0.294 e. The van der Waals surface area contributed by atoms with Crippen LogP contribution in [0.3, 0.4) is 0 Å². The summed E-state index contributed by atoms with van der Waals surface area (Å²) in [7, 11) is 1.54. The lowest BCUT2D eigenvalue weighted by atomic mass is 10.1. The summed E-state index contributed by atoms with van der Waals surface area (Å²) in [6.45, 7) is 4.16. The van der Waals surface area contributed by atoms with Gasteiger partial charge in [-0.3, -0.25) is 4.79 Å². The first kappa shape index (κ1) is 22.5. The SMILES string of the molecule is CCOc1ccccc1/C(C)=N/NC(=O)c1nnn(-c2nonc2N)c1-c1cccc(OC)c1. The number of methoxy groups -OCH3 is 1. The van der Waals surface area contributed by atoms with Crippen LogP contribution in [0, 0.1) is 0 Å². The molecule has 0 aliphatic rings. The van der Waals surface area contributed by atoms with Crippen LogP contribution in [0.25, 0.3) is 17.1 Å². The molecule has 4 rings (SSSR count). The average Bonchev–Trinajstić information content (AvgIpc) is 3.49. The maximum Gasteiger partial charge on any atom is 0.294 e. The number of nitrogens with one attached hydrogen (secondary N) is 1. The average molecular weight is 462 g/mol. The summed E-state index contributed by atoms with van der Waals surface area (Å²) in [5.41, 5.74) is 10.6. The van der Waals surface area contributed by atoms with Gasteiger partial charge < -0.3 is 15.2 Å². The van der Waals surface area contributed by atoms with Crippen LogP contribution in [0.2, 0.25) is 0 Å². The number of carbonyl (C=O) groups excluding carboxylic acids is 1. The molecule has 0 bridgehead atoms. The Bertz CT molecular complexity index is 1340. The zero-order valence-corrected chi connectivity index (χ0v) is 18.7. The molecule has 2 heterocycles. The number of anilines is 1. The Morgan fingerprint density at radius 3 is 2.76 bits per heavy atom. The normalized spacial score (nSPS) is 11.3. The Balaban J connectivity index is 1.72. The second kappa shape index (κ2) is 9.81. The number of amides is 1. The summed E-state index contributed by atoms with van der Waals surface area (Å²) in [5, 5.41) is 19.7. The van der Waals surface area contributed by atoms with Crippen LogP contribution in [0.5, 0.6) is 11.5 Å². The monoisotopic (exact) mass is 462 g/mol. The van der Waals surface area contributed by atoms with E-state index >= 15 is 0 Å². The summed E-state index contributed by atoms with van der Waals surface area (Å²) in [6.07, 6.45) is 0. The van der Waals surface area contributed by atoms with E-state index in [1.54, 1.807) is 38.3 Å². The molecule has 174 valence electrons. The number of aromatic nitrogens is 5. The topological polar surface area (TPSA) is 156 Å². The van der Waals surface area contributed by atoms with Crippen LogP contribution in [0.1, 0.15) is 29.9 Å². The first-order valence-corrected chi connectivity index (χ1v) is 10.3. The number of hydrogen-bond donors (Lipinski definition) is 2. The van der Waals surface area contributed by atoms with Crippen LogP contribution in [-0.4, -0.2) is 50.6 Å². The van der Waals surface area contributed by atoms with Gasteiger partial charge >= 0.3 is 0 Å². The molecule has 0 aliphatic carbocycles. The lowest BCUT2D eigenvalue weighted by molar-refractivity contribution is 0.0950. The number of nitrogen functional groups attached to an aromatic ring is 1. The van der Waals surface area contributed by atoms with Crippen LogP contribution >= 0.6 is 0 Å². The van der Waals surface area contributed by atoms with Crippen molar-refractivity contribution in [1.82, 2.24) is 30.7 Å². The lowest BCUT2D eigenvalue weighted by Crippen LogP contribution is -2.21. The van der Waals surface area contributed by atoms with Crippen molar-refractivity contribution in [1.29, 1.82) is 0 Å². The minimum atomic E-state index is -0.590. The highest BCUT2D eigenvalue weighted by Gasteiger charge is 2.25. The highest BCUT2D eigenvalue weighted by atomic mass is 16.6. The number of hydrazone groups is 1. The van der Waals surface area contributed by atoms with Gasteiger partial charge in [-0.1, -0.05) is 29.5 Å². The Morgan fingerprint density at radius 1 is 1.21 bits per heavy atom. The molecule has 1 amide bonds. The number of nitrogens with zero attached hydrogens (tertiary/aromatic N) is 6. The van der Waals surface area contributed by atoms with E-state index in [9.17, 15) is 4.79 Å². The predicted octanol–water partition coefficient (Wildman–Crippen LogP) is 2.46. The number of hydrogen-bond acceptors (Lipinski definition) is 10. The molecule has 0 atom stereocenters. The Morgan fingerprint density at radius 2 is 2.03 bits per heavy atom. The molecule has 12 heteroatoms. The Kier molecular flexibility index (Phi) is 6.48. The van der Waals surface area contributed by atoms with Gasteiger partial charge in [0.25, 0.3) is 5.91 Å². The van der Waals surface area contributed by atoms with Crippen LogP contribution in [0.4, 0.5) is 5.82 Å². The summed E-state index contributed by atoms with van der Waals surface area (Å²) in [6, 6.07) is 14.5. The van der Waals surface area contributed by atoms with Crippen molar-refractivity contribution in [3.63, 3.8) is 0 Å². The van der Waals surface area contributed by atoms with Gasteiger partial charge in [0.2, 0.25) is 11.6 Å². The van der Waals surface area contributed by atoms with Crippen molar-refractivity contribution in [2.24, 2.45) is 5.10 Å². The third kappa shape index (κ3) is 4.41. The van der Waals surface area contributed by atoms with E-state index in [2.05, 4.69) is 31.2 Å². The molecule has 0 radical (unpaired) electrons. The molecule has 0 saturated heterocycles. The van der Waals surface area contributed by atoms with Crippen molar-refractivity contribution in [2.75, 3.05) is 19.5 Å². The number of carbonyl (C=O) groups is 1. The van der Waals surface area contributed by atoms with Crippen molar-refractivity contribution in [3.05, 3.63) is 59.8 Å². The van der Waals surface area contributed by atoms with E-state index in [0.29, 0.717) is 35.1 Å². The Labute approximate surface area is 194 Å². The zero-order chi connectivity index (χ0) is 24.1. The van der Waals surface area contributed by atoms with Crippen molar-refractivity contribution in [3.8, 4) is 28.6 Å². The predicted molar refractivity (Wildman–Crippen MR) is 123 cm³/mol. The summed E-state index contributed by atoms with van der Waals surface area (Å²) >= 11 is 0. The van der Waals surface area contributed by atoms with E-state index in [1.807, 2.05) is 31.2 Å². The highest BCUT2D eigenvalue weighted by molar-refractivity contribution is 6.03. The molecule has 0 saturated carbocycles. The molecule has 0 spiro atoms. The van der Waals surface area contributed by atoms with Gasteiger partial charge in [0.15, 0.2) is 5.69 Å². The van der Waals surface area contributed by atoms with Crippen molar-refractivity contribution < 1.29 is 18.9 Å². The van der Waals surface area contributed by atoms with Crippen LogP contribution < -0.4 is 20.6 Å². The fourth-order valence-corrected chi connectivity index (χ4v) is 3.24. The molecule has 12 nitrogen and oxygen atoms in total. The van der Waals surface area contributed by atoms with E-state index < -0.39 is 5.91 Å². The van der Waals surface area contributed by atoms with Crippen LogP contribution in [0.15, 0.2) is 58.3 Å². The maximum absolute atomic E-state index is 13.1. The fourth-order valence-electron chi connectivity index (χ4n) is 3.24. The molecule has 2 aromatic heterocycles. The number of para-hydroxylation sites is 1. The number of nitrogens with two attached hydrogens (primary N) is 1. The lowest BCUT2D eigenvalue weighted by Gasteiger charge is -2.10. The van der Waals surface area contributed by atoms with Gasteiger partial charge in [-0.15, -0.1) is 5.10 Å². The third-order valence-electron chi connectivity index (χ3n) is 4.83. The van der Waals surface area contributed by atoms with Gasteiger partial charge in [-0.25, -0.2) is 10.1 Å². The molecular formula is C22H22N8O4. The quantitative estimate of drug-likeness (QED) is 0.297. The molecule has 0 unspecified atom stereocenters. The molecular weight excluding hydrogens is 440 g/mol. The largest absolute Gasteiger partial charge is 0.497 e. The summed E-state index contributed by atoms with van der Waals surface area (Å²) in [4.78, 5) is 13.1. The second-order valence-corrected chi connectivity index (χ2v) is 6.97. The van der Waals surface area contributed by atoms with E-state index in [4.69, 9.17) is 19.8 Å². The van der Waals surface area contributed by atoms with Gasteiger partial charge in [0.05, 0.1) is 19.4 Å². The van der Waals surface area contributed by atoms with Gasteiger partial charge in [0.1, 0.15) is 17.2 Å². The van der Waals surface area contributed by atoms with Gasteiger partial charge in [-0.2, -0.15) is 9.78 Å². The standard InChI is InChI=1S/C22H22N8O4/c1-4-33-17-11-6-5-10-16(17)13(2)24-26-22(31)18-19(14-8-7-9-15(12-14)32-3)30(29-25-18)21-20(23)27-34-28-21/h5-12H,4H2,1-3H3,(H2,23,27)(H,26,31)/b24-13+. The first-order chi connectivity index (χ1) is 16.5. The summed E-state index contributed by atoms with van der Waals surface area (Å²) < 4.78 is 16.9. The van der Waals surface area contributed by atoms with E-state index in [1.165, 1.54) is 4.68 Å². The van der Waals surface area contributed by atoms with Crippen LogP contribution in [-0.2, 0) is 0 Å². The van der Waals surface area contributed by atoms with E-state index in [0.717, 1.165) is 5.56 Å². The minimum Gasteiger partial charge on any atom is -0.497 e. The van der Waals surface area contributed by atoms with Crippen molar-refractivity contribution >= 4 is 17.4 Å². The third-order valence-corrected chi connectivity index (χ3v) is 4.83. The molecule has 34 heavy (non-hydrogen) atoms. The first-order valence-electron chi connectivity index (χ1n) is 10.3. The zero-order valence-electron chi connectivity index (χ0n) is 18.7. The fraction of sp³-hybridized carbons (Fsp3) is 0.182. The number of rotatable bonds is 8. The molecule has 0 aliphatic heterocycles. The van der Waals surface area contributed by atoms with E-state index in [-0.39, 0.29) is 17.3 Å². The van der Waals surface area contributed by atoms with Gasteiger partial charge in [0, 0.05) is 11.1 Å². The van der Waals surface area contributed by atoms with Gasteiger partial charge in [-0.05, 0) is 48.4 Å². The van der Waals surface area contributed by atoms with Crippen molar-refractivity contribution in [2.45, 2.75) is 13.8 Å². The number of ether oxygens (including phenoxy) is 2.